The van der Waals surface area contributed by atoms with Crippen molar-refractivity contribution in [2.24, 2.45) is 0 Å². The molecule has 2 amide bonds. The molecule has 0 radical (unpaired) electrons. The van der Waals surface area contributed by atoms with Crippen LogP contribution in [0.15, 0.2) is 24.3 Å². The lowest BCUT2D eigenvalue weighted by molar-refractivity contribution is -0.122. The molecule has 122 valence electrons. The molecule has 1 aromatic rings. The number of hydrogen-bond donors (Lipinski definition) is 2. The zero-order valence-electron chi connectivity index (χ0n) is 13.5. The quantitative estimate of drug-likeness (QED) is 0.678. The molecule has 1 aromatic carbocycles. The van der Waals surface area contributed by atoms with E-state index in [9.17, 15) is 9.59 Å². The molecule has 0 heterocycles. The topological polar surface area (TPSA) is 70.7 Å². The van der Waals surface area contributed by atoms with Crippen molar-refractivity contribution in [2.75, 3.05) is 39.1 Å². The van der Waals surface area contributed by atoms with Gasteiger partial charge in [0.15, 0.2) is 0 Å². The van der Waals surface area contributed by atoms with E-state index in [0.29, 0.717) is 12.2 Å². The predicted octanol–water partition coefficient (Wildman–Crippen LogP) is 1.48. The van der Waals surface area contributed by atoms with Gasteiger partial charge >= 0.3 is 0 Å². The van der Waals surface area contributed by atoms with Crippen molar-refractivity contribution in [1.82, 2.24) is 10.2 Å². The summed E-state index contributed by atoms with van der Waals surface area (Å²) >= 11 is 0. The van der Waals surface area contributed by atoms with Gasteiger partial charge in [-0.15, -0.1) is 0 Å². The number of rotatable bonds is 9. The van der Waals surface area contributed by atoms with Gasteiger partial charge in [0.2, 0.25) is 11.8 Å². The molecule has 0 unspecified atom stereocenters. The van der Waals surface area contributed by atoms with Crippen molar-refractivity contribution in [3.05, 3.63) is 24.3 Å². The van der Waals surface area contributed by atoms with Gasteiger partial charge in [-0.05, 0) is 37.7 Å². The zero-order valence-corrected chi connectivity index (χ0v) is 13.5. The van der Waals surface area contributed by atoms with E-state index in [1.165, 1.54) is 0 Å². The molecule has 2 N–H and O–H groups in total. The lowest BCUT2D eigenvalue weighted by Gasteiger charge is -2.16. The fourth-order valence-corrected chi connectivity index (χ4v) is 1.88. The minimum Gasteiger partial charge on any atom is -0.497 e. The van der Waals surface area contributed by atoms with Crippen LogP contribution in [0.1, 0.15) is 19.8 Å². The number of unbranched alkanes of at least 4 members (excludes halogenated alkanes) is 1. The normalized spacial score (nSPS) is 10.4. The number of benzene rings is 1. The highest BCUT2D eigenvalue weighted by molar-refractivity contribution is 5.92. The summed E-state index contributed by atoms with van der Waals surface area (Å²) in [6.45, 7) is 3.12. The highest BCUT2D eigenvalue weighted by Crippen LogP contribution is 2.14. The minimum absolute atomic E-state index is 0.0619. The van der Waals surface area contributed by atoms with Gasteiger partial charge in [-0.25, -0.2) is 0 Å². The summed E-state index contributed by atoms with van der Waals surface area (Å²) in [6, 6.07) is 7.10. The van der Waals surface area contributed by atoms with E-state index in [1.54, 1.807) is 43.3 Å². The number of amides is 2. The molecule has 0 spiro atoms. The van der Waals surface area contributed by atoms with E-state index in [1.807, 2.05) is 0 Å². The SMILES string of the molecule is CCCCNC(=O)CN(C)CC(=O)Nc1ccc(OC)cc1. The van der Waals surface area contributed by atoms with E-state index >= 15 is 0 Å². The van der Waals surface area contributed by atoms with Gasteiger partial charge in [0.05, 0.1) is 20.2 Å². The second kappa shape index (κ2) is 9.78. The van der Waals surface area contributed by atoms with Gasteiger partial charge in [-0.3, -0.25) is 14.5 Å². The van der Waals surface area contributed by atoms with Crippen LogP contribution in [0.4, 0.5) is 5.69 Å². The standard InChI is InChI=1S/C16H25N3O3/c1-4-5-10-17-15(20)11-19(2)12-16(21)18-13-6-8-14(22-3)9-7-13/h6-9H,4-5,10-12H2,1-3H3,(H,17,20)(H,18,21). The Morgan fingerprint density at radius 3 is 2.36 bits per heavy atom. The summed E-state index contributed by atoms with van der Waals surface area (Å²) in [4.78, 5) is 25.2. The van der Waals surface area contributed by atoms with Crippen molar-refractivity contribution in [3.8, 4) is 5.75 Å². The van der Waals surface area contributed by atoms with Crippen LogP contribution in [0.2, 0.25) is 0 Å². The fraction of sp³-hybridized carbons (Fsp3) is 0.500. The number of carbonyl (C=O) groups excluding carboxylic acids is 2. The molecule has 0 saturated heterocycles. The summed E-state index contributed by atoms with van der Waals surface area (Å²) in [7, 11) is 3.33. The number of methoxy groups -OCH3 is 1. The van der Waals surface area contributed by atoms with Crippen molar-refractivity contribution in [1.29, 1.82) is 0 Å². The summed E-state index contributed by atoms with van der Waals surface area (Å²) < 4.78 is 5.06. The van der Waals surface area contributed by atoms with E-state index in [0.717, 1.165) is 18.6 Å². The van der Waals surface area contributed by atoms with Crippen molar-refractivity contribution in [2.45, 2.75) is 19.8 Å². The largest absolute Gasteiger partial charge is 0.497 e. The molecule has 0 aliphatic heterocycles. The Labute approximate surface area is 131 Å². The Kier molecular flexibility index (Phi) is 7.99. The summed E-state index contributed by atoms with van der Waals surface area (Å²) in [5.74, 6) is 0.515. The third-order valence-corrected chi connectivity index (χ3v) is 3.05. The molecule has 0 aromatic heterocycles. The molecule has 1 rings (SSSR count). The van der Waals surface area contributed by atoms with Gasteiger partial charge in [0.25, 0.3) is 0 Å². The Morgan fingerprint density at radius 1 is 1.14 bits per heavy atom. The van der Waals surface area contributed by atoms with E-state index in [2.05, 4.69) is 17.6 Å². The molecule has 0 aliphatic carbocycles. The maximum atomic E-state index is 11.9. The van der Waals surface area contributed by atoms with Gasteiger partial charge in [0.1, 0.15) is 5.75 Å². The summed E-state index contributed by atoms with van der Waals surface area (Å²) in [5, 5.41) is 5.61. The third kappa shape index (κ3) is 7.08. The van der Waals surface area contributed by atoms with Crippen molar-refractivity contribution >= 4 is 17.5 Å². The first-order valence-corrected chi connectivity index (χ1v) is 7.44. The Hall–Kier alpha value is -2.08. The van der Waals surface area contributed by atoms with Gasteiger partial charge in [0, 0.05) is 12.2 Å². The molecule has 22 heavy (non-hydrogen) atoms. The first kappa shape index (κ1) is 18.0. The molecule has 0 fully saturated rings. The lowest BCUT2D eigenvalue weighted by atomic mass is 10.3. The van der Waals surface area contributed by atoms with E-state index < -0.39 is 0 Å². The third-order valence-electron chi connectivity index (χ3n) is 3.05. The van der Waals surface area contributed by atoms with Gasteiger partial charge in [-0.1, -0.05) is 13.3 Å². The van der Waals surface area contributed by atoms with E-state index in [4.69, 9.17) is 4.74 Å². The number of hydrogen-bond acceptors (Lipinski definition) is 4. The van der Waals surface area contributed by atoms with Crippen molar-refractivity contribution in [3.63, 3.8) is 0 Å². The van der Waals surface area contributed by atoms with E-state index in [-0.39, 0.29) is 24.9 Å². The van der Waals surface area contributed by atoms with Crippen LogP contribution >= 0.6 is 0 Å². The Bertz CT molecular complexity index is 474. The lowest BCUT2D eigenvalue weighted by Crippen LogP contribution is -2.39. The first-order valence-electron chi connectivity index (χ1n) is 7.44. The maximum absolute atomic E-state index is 11.9. The predicted molar refractivity (Wildman–Crippen MR) is 87.0 cm³/mol. The van der Waals surface area contributed by atoms with Crippen LogP contribution < -0.4 is 15.4 Å². The second-order valence-corrected chi connectivity index (χ2v) is 5.15. The Morgan fingerprint density at radius 2 is 1.77 bits per heavy atom. The monoisotopic (exact) mass is 307 g/mol. The molecule has 0 saturated carbocycles. The van der Waals surface area contributed by atoms with Gasteiger partial charge in [-0.2, -0.15) is 0 Å². The molecule has 0 aliphatic rings. The van der Waals surface area contributed by atoms with Crippen molar-refractivity contribution < 1.29 is 14.3 Å². The van der Waals surface area contributed by atoms with Gasteiger partial charge < -0.3 is 15.4 Å². The molecular formula is C16H25N3O3. The number of carbonyl (C=O) groups is 2. The number of likely N-dealkylation sites (N-methyl/N-ethyl adjacent to an activating group) is 1. The van der Waals surface area contributed by atoms with Crippen LogP contribution in [0.3, 0.4) is 0 Å². The van der Waals surface area contributed by atoms with Crippen LogP contribution in [-0.2, 0) is 9.59 Å². The molecule has 0 bridgehead atoms. The average molecular weight is 307 g/mol. The second-order valence-electron chi connectivity index (χ2n) is 5.15. The molecule has 6 heteroatoms. The molecular weight excluding hydrogens is 282 g/mol. The highest BCUT2D eigenvalue weighted by atomic mass is 16.5. The highest BCUT2D eigenvalue weighted by Gasteiger charge is 2.10. The summed E-state index contributed by atoms with van der Waals surface area (Å²) in [5.41, 5.74) is 0.701. The number of nitrogens with zero attached hydrogens (tertiary/aromatic N) is 1. The van der Waals surface area contributed by atoms with Crippen LogP contribution in [0, 0.1) is 0 Å². The van der Waals surface area contributed by atoms with Crippen LogP contribution in [0.5, 0.6) is 5.75 Å². The number of ether oxygens (including phenoxy) is 1. The maximum Gasteiger partial charge on any atom is 0.238 e. The zero-order chi connectivity index (χ0) is 16.4. The summed E-state index contributed by atoms with van der Waals surface area (Å²) in [6.07, 6.45) is 2.01. The Balaban J connectivity index is 2.32. The fourth-order valence-electron chi connectivity index (χ4n) is 1.88. The van der Waals surface area contributed by atoms with Crippen LogP contribution in [0.25, 0.3) is 0 Å². The number of anilines is 1. The van der Waals surface area contributed by atoms with Crippen LogP contribution in [-0.4, -0.2) is 50.5 Å². The molecule has 0 atom stereocenters. The minimum atomic E-state index is -0.158. The molecule has 6 nitrogen and oxygen atoms in total. The first-order chi connectivity index (χ1) is 10.5. The smallest absolute Gasteiger partial charge is 0.238 e. The average Bonchev–Trinajstić information content (AvgIpc) is 2.47. The number of nitrogens with one attached hydrogen (secondary N) is 2.